The fourth-order valence-corrected chi connectivity index (χ4v) is 2.65. The number of carbonyl (C=O) groups is 1. The van der Waals surface area contributed by atoms with Gasteiger partial charge < -0.3 is 9.47 Å². The number of rotatable bonds is 8. The van der Waals surface area contributed by atoms with Gasteiger partial charge in [-0.25, -0.2) is 0 Å². The predicted octanol–water partition coefficient (Wildman–Crippen LogP) is 3.76. The summed E-state index contributed by atoms with van der Waals surface area (Å²) < 4.78 is 10.4. The first-order chi connectivity index (χ1) is 9.52. The number of ether oxygens (including phenoxy) is 2. The van der Waals surface area contributed by atoms with E-state index >= 15 is 0 Å². The second-order valence-electron chi connectivity index (χ2n) is 4.91. The van der Waals surface area contributed by atoms with Crippen molar-refractivity contribution >= 4 is 17.7 Å². The number of carbonyl (C=O) groups excluding carboxylic acids is 1. The van der Waals surface area contributed by atoms with Crippen LogP contribution in [0.1, 0.15) is 30.9 Å². The van der Waals surface area contributed by atoms with E-state index in [0.717, 1.165) is 17.9 Å². The summed E-state index contributed by atoms with van der Waals surface area (Å²) in [5.74, 6) is 1.78. The van der Waals surface area contributed by atoms with Crippen LogP contribution < -0.4 is 4.74 Å². The lowest BCUT2D eigenvalue weighted by Gasteiger charge is -2.11. The Morgan fingerprint density at radius 3 is 2.70 bits per heavy atom. The molecule has 0 fully saturated rings. The second kappa shape index (κ2) is 8.90. The third-order valence-corrected chi connectivity index (χ3v) is 4.38. The molecule has 1 aromatic rings. The lowest BCUT2D eigenvalue weighted by molar-refractivity contribution is -0.140. The molecule has 0 bridgehead atoms. The highest BCUT2D eigenvalue weighted by atomic mass is 32.2. The van der Waals surface area contributed by atoms with Crippen molar-refractivity contribution in [2.24, 2.45) is 0 Å². The molecule has 0 saturated carbocycles. The SMILES string of the molecule is COC(=O)CC(C)SCCCOc1ccc(C)c(C)c1. The Morgan fingerprint density at radius 1 is 1.30 bits per heavy atom. The topological polar surface area (TPSA) is 35.5 Å². The fourth-order valence-electron chi connectivity index (χ4n) is 1.71. The molecule has 1 rings (SSSR count). The maximum absolute atomic E-state index is 11.1. The fraction of sp³-hybridized carbons (Fsp3) is 0.562. The van der Waals surface area contributed by atoms with Gasteiger partial charge in [0.05, 0.1) is 20.1 Å². The molecule has 0 radical (unpaired) electrons. The van der Waals surface area contributed by atoms with Gasteiger partial charge >= 0.3 is 5.97 Å². The third-order valence-electron chi connectivity index (χ3n) is 3.12. The lowest BCUT2D eigenvalue weighted by Crippen LogP contribution is -2.09. The lowest BCUT2D eigenvalue weighted by atomic mass is 10.1. The molecule has 0 heterocycles. The molecular formula is C16H24O3S. The van der Waals surface area contributed by atoms with Crippen LogP contribution in [0.2, 0.25) is 0 Å². The van der Waals surface area contributed by atoms with E-state index < -0.39 is 0 Å². The zero-order valence-electron chi connectivity index (χ0n) is 12.8. The minimum Gasteiger partial charge on any atom is -0.494 e. The predicted molar refractivity (Wildman–Crippen MR) is 84.6 cm³/mol. The number of hydrogen-bond donors (Lipinski definition) is 0. The van der Waals surface area contributed by atoms with Crippen molar-refractivity contribution in [3.05, 3.63) is 29.3 Å². The minimum atomic E-state index is -0.142. The number of aryl methyl sites for hydroxylation is 2. The van der Waals surface area contributed by atoms with Crippen LogP contribution in [-0.2, 0) is 9.53 Å². The van der Waals surface area contributed by atoms with Gasteiger partial charge in [-0.3, -0.25) is 4.79 Å². The van der Waals surface area contributed by atoms with Crippen molar-refractivity contribution < 1.29 is 14.3 Å². The first kappa shape index (κ1) is 16.9. The zero-order chi connectivity index (χ0) is 15.0. The Labute approximate surface area is 126 Å². The van der Waals surface area contributed by atoms with Gasteiger partial charge in [0, 0.05) is 5.25 Å². The quantitative estimate of drug-likeness (QED) is 0.540. The number of thioether (sulfide) groups is 1. The van der Waals surface area contributed by atoms with Crippen LogP contribution in [-0.4, -0.2) is 30.7 Å². The normalized spacial score (nSPS) is 12.0. The van der Waals surface area contributed by atoms with E-state index in [-0.39, 0.29) is 5.97 Å². The van der Waals surface area contributed by atoms with Crippen molar-refractivity contribution in [3.63, 3.8) is 0 Å². The van der Waals surface area contributed by atoms with Gasteiger partial charge in [0.1, 0.15) is 5.75 Å². The van der Waals surface area contributed by atoms with E-state index in [1.807, 2.05) is 13.0 Å². The Balaban J connectivity index is 2.15. The molecule has 20 heavy (non-hydrogen) atoms. The molecule has 1 atom stereocenters. The molecule has 3 nitrogen and oxygen atoms in total. The standard InChI is InChI=1S/C16H24O3S/c1-12-6-7-15(10-13(12)2)19-8-5-9-20-14(3)11-16(17)18-4/h6-7,10,14H,5,8-9,11H2,1-4H3. The molecule has 0 spiro atoms. The van der Waals surface area contributed by atoms with Crippen LogP contribution in [0.4, 0.5) is 0 Å². The van der Waals surface area contributed by atoms with Gasteiger partial charge in [0.2, 0.25) is 0 Å². The monoisotopic (exact) mass is 296 g/mol. The van der Waals surface area contributed by atoms with Crippen LogP contribution >= 0.6 is 11.8 Å². The summed E-state index contributed by atoms with van der Waals surface area (Å²) >= 11 is 1.78. The summed E-state index contributed by atoms with van der Waals surface area (Å²) in [5, 5.41) is 0.295. The van der Waals surface area contributed by atoms with E-state index in [1.165, 1.54) is 18.2 Å². The number of esters is 1. The van der Waals surface area contributed by atoms with Crippen molar-refractivity contribution in [3.8, 4) is 5.75 Å². The maximum Gasteiger partial charge on any atom is 0.306 e. The van der Waals surface area contributed by atoms with Crippen LogP contribution in [0.5, 0.6) is 5.75 Å². The molecule has 0 aliphatic rings. The first-order valence-corrected chi connectivity index (χ1v) is 7.96. The molecule has 112 valence electrons. The molecule has 4 heteroatoms. The Hall–Kier alpha value is -1.16. The van der Waals surface area contributed by atoms with Crippen molar-refractivity contribution in [2.75, 3.05) is 19.5 Å². The third kappa shape index (κ3) is 6.33. The summed E-state index contributed by atoms with van der Waals surface area (Å²) in [6, 6.07) is 6.16. The molecule has 1 unspecified atom stereocenters. The number of hydrogen-bond acceptors (Lipinski definition) is 4. The van der Waals surface area contributed by atoms with Gasteiger partial charge in [-0.1, -0.05) is 13.0 Å². The van der Waals surface area contributed by atoms with Crippen molar-refractivity contribution in [2.45, 2.75) is 38.9 Å². The Kier molecular flexibility index (Phi) is 7.52. The highest BCUT2D eigenvalue weighted by molar-refractivity contribution is 7.99. The van der Waals surface area contributed by atoms with E-state index in [2.05, 4.69) is 30.7 Å². The van der Waals surface area contributed by atoms with E-state index in [0.29, 0.717) is 18.3 Å². The highest BCUT2D eigenvalue weighted by Gasteiger charge is 2.09. The average Bonchev–Trinajstić information content (AvgIpc) is 2.42. The van der Waals surface area contributed by atoms with Crippen LogP contribution in [0.3, 0.4) is 0 Å². The minimum absolute atomic E-state index is 0.142. The van der Waals surface area contributed by atoms with Crippen molar-refractivity contribution in [1.29, 1.82) is 0 Å². The molecule has 0 aliphatic carbocycles. The summed E-state index contributed by atoms with van der Waals surface area (Å²) in [7, 11) is 1.43. The van der Waals surface area contributed by atoms with E-state index in [9.17, 15) is 4.79 Å². The van der Waals surface area contributed by atoms with Crippen LogP contribution in [0.25, 0.3) is 0 Å². The van der Waals surface area contributed by atoms with Gasteiger partial charge in [-0.05, 0) is 49.3 Å². The molecule has 1 aromatic carbocycles. The summed E-state index contributed by atoms with van der Waals surface area (Å²) in [6.07, 6.45) is 1.45. The average molecular weight is 296 g/mol. The van der Waals surface area contributed by atoms with Crippen LogP contribution in [0, 0.1) is 13.8 Å². The van der Waals surface area contributed by atoms with Crippen molar-refractivity contribution in [1.82, 2.24) is 0 Å². The molecule has 0 amide bonds. The first-order valence-electron chi connectivity index (χ1n) is 6.91. The smallest absolute Gasteiger partial charge is 0.306 e. The zero-order valence-corrected chi connectivity index (χ0v) is 13.6. The molecular weight excluding hydrogens is 272 g/mol. The van der Waals surface area contributed by atoms with Crippen LogP contribution in [0.15, 0.2) is 18.2 Å². The Bertz CT molecular complexity index is 432. The second-order valence-corrected chi connectivity index (χ2v) is 6.46. The largest absolute Gasteiger partial charge is 0.494 e. The van der Waals surface area contributed by atoms with Gasteiger partial charge in [-0.15, -0.1) is 0 Å². The Morgan fingerprint density at radius 2 is 2.05 bits per heavy atom. The highest BCUT2D eigenvalue weighted by Crippen LogP contribution is 2.18. The summed E-state index contributed by atoms with van der Waals surface area (Å²) in [5.41, 5.74) is 2.54. The van der Waals surface area contributed by atoms with Gasteiger partial charge in [-0.2, -0.15) is 11.8 Å². The van der Waals surface area contributed by atoms with E-state index in [4.69, 9.17) is 4.74 Å². The molecule has 0 aromatic heterocycles. The molecule has 0 saturated heterocycles. The summed E-state index contributed by atoms with van der Waals surface area (Å²) in [4.78, 5) is 11.1. The number of benzene rings is 1. The van der Waals surface area contributed by atoms with Gasteiger partial charge in [0.25, 0.3) is 0 Å². The number of methoxy groups -OCH3 is 1. The maximum atomic E-state index is 11.1. The van der Waals surface area contributed by atoms with Gasteiger partial charge in [0.15, 0.2) is 0 Å². The van der Waals surface area contributed by atoms with E-state index in [1.54, 1.807) is 11.8 Å². The molecule has 0 aliphatic heterocycles. The summed E-state index contributed by atoms with van der Waals surface area (Å²) in [6.45, 7) is 6.94. The molecule has 0 N–H and O–H groups in total.